The Labute approximate surface area is 87.7 Å². The molecule has 0 heteroatoms. The molecule has 0 aliphatic heterocycles. The van der Waals surface area contributed by atoms with Gasteiger partial charge in [0.05, 0.1) is 0 Å². The zero-order chi connectivity index (χ0) is 10.7. The monoisotopic (exact) mass is 187 g/mol. The van der Waals surface area contributed by atoms with Crippen molar-refractivity contribution in [2.45, 2.75) is 33.6 Å². The molecule has 0 saturated carbocycles. The molecule has 75 valence electrons. The first kappa shape index (κ1) is 11.0. The van der Waals surface area contributed by atoms with Gasteiger partial charge in [-0.3, -0.25) is 0 Å². The molecule has 0 aromatic heterocycles. The molecular formula is C14H19. The molecule has 14 heavy (non-hydrogen) atoms. The molecule has 0 spiro atoms. The summed E-state index contributed by atoms with van der Waals surface area (Å²) in [6.45, 7) is 12.5. The third kappa shape index (κ3) is 2.47. The van der Waals surface area contributed by atoms with E-state index in [1.54, 1.807) is 0 Å². The van der Waals surface area contributed by atoms with Crippen molar-refractivity contribution in [3.63, 3.8) is 0 Å². The van der Waals surface area contributed by atoms with Gasteiger partial charge in [-0.25, -0.2) is 0 Å². The van der Waals surface area contributed by atoms with Crippen molar-refractivity contribution in [1.29, 1.82) is 0 Å². The van der Waals surface area contributed by atoms with Gasteiger partial charge >= 0.3 is 0 Å². The van der Waals surface area contributed by atoms with Crippen LogP contribution in [-0.4, -0.2) is 0 Å². The van der Waals surface area contributed by atoms with Crippen LogP contribution in [0.5, 0.6) is 0 Å². The maximum Gasteiger partial charge on any atom is 0.0230 e. The summed E-state index contributed by atoms with van der Waals surface area (Å²) in [7, 11) is 0. The summed E-state index contributed by atoms with van der Waals surface area (Å²) in [5.41, 5.74) is 4.03. The zero-order valence-electron chi connectivity index (χ0n) is 9.59. The summed E-state index contributed by atoms with van der Waals surface area (Å²) in [6, 6.07) is 6.72. The minimum Gasteiger partial charge on any atom is -0.102 e. The SMILES string of the molecule is C=C[C](C)c1cc(C)cc(C(C)C)c1. The van der Waals surface area contributed by atoms with E-state index in [2.05, 4.69) is 52.5 Å². The molecule has 0 aliphatic carbocycles. The highest BCUT2D eigenvalue weighted by atomic mass is 14.1. The minimum absolute atomic E-state index is 0.589. The van der Waals surface area contributed by atoms with Crippen molar-refractivity contribution in [2.75, 3.05) is 0 Å². The first-order chi connectivity index (χ1) is 6.54. The van der Waals surface area contributed by atoms with E-state index in [0.29, 0.717) is 5.92 Å². The summed E-state index contributed by atoms with van der Waals surface area (Å²) in [4.78, 5) is 0. The van der Waals surface area contributed by atoms with Crippen molar-refractivity contribution >= 4 is 0 Å². The van der Waals surface area contributed by atoms with Gasteiger partial charge in [0.1, 0.15) is 0 Å². The Balaban J connectivity index is 3.13. The van der Waals surface area contributed by atoms with E-state index < -0.39 is 0 Å². The van der Waals surface area contributed by atoms with Gasteiger partial charge < -0.3 is 0 Å². The fourth-order valence-corrected chi connectivity index (χ4v) is 1.49. The second-order valence-corrected chi connectivity index (χ2v) is 4.17. The molecular weight excluding hydrogens is 168 g/mol. The Morgan fingerprint density at radius 3 is 2.43 bits per heavy atom. The lowest BCUT2D eigenvalue weighted by molar-refractivity contribution is 0.862. The molecule has 0 nitrogen and oxygen atoms in total. The van der Waals surface area contributed by atoms with Crippen molar-refractivity contribution < 1.29 is 0 Å². The van der Waals surface area contributed by atoms with Crippen LogP contribution in [0.1, 0.15) is 43.4 Å². The average molecular weight is 187 g/mol. The Hall–Kier alpha value is -1.04. The maximum absolute atomic E-state index is 3.80. The number of hydrogen-bond donors (Lipinski definition) is 0. The molecule has 0 N–H and O–H groups in total. The van der Waals surface area contributed by atoms with E-state index in [1.807, 2.05) is 6.08 Å². The van der Waals surface area contributed by atoms with Crippen molar-refractivity contribution in [1.82, 2.24) is 0 Å². The summed E-state index contributed by atoms with van der Waals surface area (Å²) in [5.74, 6) is 1.84. The second-order valence-electron chi connectivity index (χ2n) is 4.17. The number of rotatable bonds is 3. The molecule has 0 amide bonds. The third-order valence-electron chi connectivity index (χ3n) is 2.53. The van der Waals surface area contributed by atoms with Gasteiger partial charge in [-0.1, -0.05) is 50.6 Å². The van der Waals surface area contributed by atoms with Gasteiger partial charge in [-0.05, 0) is 24.0 Å². The van der Waals surface area contributed by atoms with Crippen molar-refractivity contribution in [3.05, 3.63) is 53.5 Å². The predicted octanol–water partition coefficient (Wildman–Crippen LogP) is 4.25. The van der Waals surface area contributed by atoms with E-state index in [9.17, 15) is 0 Å². The molecule has 0 unspecified atom stereocenters. The Morgan fingerprint density at radius 2 is 1.93 bits per heavy atom. The van der Waals surface area contributed by atoms with Crippen LogP contribution in [0, 0.1) is 12.8 Å². The normalized spacial score (nSPS) is 11.0. The van der Waals surface area contributed by atoms with Crippen LogP contribution in [-0.2, 0) is 0 Å². The van der Waals surface area contributed by atoms with Crippen LogP contribution in [0.3, 0.4) is 0 Å². The average Bonchev–Trinajstić information content (AvgIpc) is 2.15. The van der Waals surface area contributed by atoms with Gasteiger partial charge in [-0.2, -0.15) is 0 Å². The van der Waals surface area contributed by atoms with Gasteiger partial charge in [-0.15, -0.1) is 6.58 Å². The van der Waals surface area contributed by atoms with Crippen molar-refractivity contribution in [2.24, 2.45) is 0 Å². The molecule has 0 heterocycles. The summed E-state index contributed by atoms with van der Waals surface area (Å²) in [5, 5.41) is 0. The number of aryl methyl sites for hydroxylation is 1. The molecule has 0 bridgehead atoms. The topological polar surface area (TPSA) is 0 Å². The Bertz CT molecular complexity index is 321. The molecule has 1 radical (unpaired) electrons. The van der Waals surface area contributed by atoms with E-state index >= 15 is 0 Å². The minimum atomic E-state index is 0.589. The van der Waals surface area contributed by atoms with Crippen molar-refractivity contribution in [3.8, 4) is 0 Å². The van der Waals surface area contributed by atoms with Crippen LogP contribution in [0.25, 0.3) is 0 Å². The third-order valence-corrected chi connectivity index (χ3v) is 2.53. The van der Waals surface area contributed by atoms with Crippen LogP contribution >= 0.6 is 0 Å². The lowest BCUT2D eigenvalue weighted by Gasteiger charge is -2.12. The van der Waals surface area contributed by atoms with Crippen LogP contribution < -0.4 is 0 Å². The summed E-state index contributed by atoms with van der Waals surface area (Å²) < 4.78 is 0. The summed E-state index contributed by atoms with van der Waals surface area (Å²) in [6.07, 6.45) is 1.92. The number of allylic oxidation sites excluding steroid dienone is 1. The summed E-state index contributed by atoms with van der Waals surface area (Å²) >= 11 is 0. The smallest absolute Gasteiger partial charge is 0.0230 e. The molecule has 1 aromatic rings. The van der Waals surface area contributed by atoms with Gasteiger partial charge in [0.2, 0.25) is 0 Å². The standard InChI is InChI=1S/C14H19/c1-6-12(5)14-8-11(4)7-13(9-14)10(2)3/h6-10H,1H2,2-5H3. The molecule has 0 atom stereocenters. The highest BCUT2D eigenvalue weighted by Crippen LogP contribution is 2.23. The molecule has 0 aliphatic rings. The second kappa shape index (κ2) is 4.45. The highest BCUT2D eigenvalue weighted by Gasteiger charge is 2.06. The fourth-order valence-electron chi connectivity index (χ4n) is 1.49. The van der Waals surface area contributed by atoms with E-state index in [4.69, 9.17) is 0 Å². The van der Waals surface area contributed by atoms with E-state index in [1.165, 1.54) is 22.6 Å². The number of benzene rings is 1. The lowest BCUT2D eigenvalue weighted by atomic mass is 9.93. The molecule has 1 aromatic carbocycles. The predicted molar refractivity (Wildman–Crippen MR) is 63.5 cm³/mol. The van der Waals surface area contributed by atoms with Crippen LogP contribution in [0.4, 0.5) is 0 Å². The largest absolute Gasteiger partial charge is 0.102 e. The lowest BCUT2D eigenvalue weighted by Crippen LogP contribution is -1.95. The first-order valence-corrected chi connectivity index (χ1v) is 5.12. The number of hydrogen-bond acceptors (Lipinski definition) is 0. The quantitative estimate of drug-likeness (QED) is 0.663. The Kier molecular flexibility index (Phi) is 3.51. The molecule has 1 rings (SSSR count). The van der Waals surface area contributed by atoms with Gasteiger partial charge in [0.25, 0.3) is 0 Å². The zero-order valence-corrected chi connectivity index (χ0v) is 9.59. The van der Waals surface area contributed by atoms with E-state index in [-0.39, 0.29) is 0 Å². The van der Waals surface area contributed by atoms with Crippen LogP contribution in [0.2, 0.25) is 0 Å². The highest BCUT2D eigenvalue weighted by molar-refractivity contribution is 5.41. The Morgan fingerprint density at radius 1 is 1.29 bits per heavy atom. The van der Waals surface area contributed by atoms with E-state index in [0.717, 1.165) is 0 Å². The maximum atomic E-state index is 3.80. The molecule has 0 fully saturated rings. The van der Waals surface area contributed by atoms with Crippen LogP contribution in [0.15, 0.2) is 30.9 Å². The van der Waals surface area contributed by atoms with Gasteiger partial charge in [0, 0.05) is 5.92 Å². The molecule has 0 saturated heterocycles. The fraction of sp³-hybridized carbons (Fsp3) is 0.357. The first-order valence-electron chi connectivity index (χ1n) is 5.12. The van der Waals surface area contributed by atoms with Gasteiger partial charge in [0.15, 0.2) is 0 Å².